The summed E-state index contributed by atoms with van der Waals surface area (Å²) in [6.07, 6.45) is 1.00. The van der Waals surface area contributed by atoms with Crippen LogP contribution in [0.3, 0.4) is 0 Å². The van der Waals surface area contributed by atoms with Crippen molar-refractivity contribution in [1.29, 1.82) is 0 Å². The van der Waals surface area contributed by atoms with E-state index in [0.29, 0.717) is 5.92 Å². The molecule has 1 aromatic carbocycles. The van der Waals surface area contributed by atoms with E-state index < -0.39 is 0 Å². The number of alkyl halides is 1. The standard InChI is InChI=1S/C14H20BrClO/c1-14(2,3)17-8-7-12(10-15)11-5-4-6-13(16)9-11/h4-6,9,12H,7-8,10H2,1-3H3. The molecule has 0 radical (unpaired) electrons. The lowest BCUT2D eigenvalue weighted by molar-refractivity contribution is -0.00559. The zero-order valence-electron chi connectivity index (χ0n) is 10.7. The normalized spacial score (nSPS) is 13.7. The minimum absolute atomic E-state index is 0.0643. The fourth-order valence-corrected chi connectivity index (χ4v) is 2.50. The maximum atomic E-state index is 6.01. The van der Waals surface area contributed by atoms with Crippen LogP contribution in [0.4, 0.5) is 0 Å². The van der Waals surface area contributed by atoms with Crippen LogP contribution in [-0.2, 0) is 4.74 Å². The number of ether oxygens (including phenoxy) is 1. The quantitative estimate of drug-likeness (QED) is 0.692. The Hall–Kier alpha value is -0.0500. The maximum absolute atomic E-state index is 6.01. The Balaban J connectivity index is 2.54. The first-order valence-corrected chi connectivity index (χ1v) is 7.38. The maximum Gasteiger partial charge on any atom is 0.0598 e. The second kappa shape index (κ2) is 6.77. The van der Waals surface area contributed by atoms with E-state index in [0.717, 1.165) is 23.4 Å². The molecular weight excluding hydrogens is 300 g/mol. The van der Waals surface area contributed by atoms with Gasteiger partial charge in [0.2, 0.25) is 0 Å². The topological polar surface area (TPSA) is 9.23 Å². The molecule has 1 aromatic rings. The Morgan fingerprint density at radius 2 is 2.06 bits per heavy atom. The van der Waals surface area contributed by atoms with Crippen molar-refractivity contribution in [3.63, 3.8) is 0 Å². The van der Waals surface area contributed by atoms with Crippen LogP contribution >= 0.6 is 27.5 Å². The van der Waals surface area contributed by atoms with Crippen LogP contribution in [-0.4, -0.2) is 17.5 Å². The molecule has 1 rings (SSSR count). The van der Waals surface area contributed by atoms with Crippen LogP contribution in [0.1, 0.15) is 38.7 Å². The molecule has 1 unspecified atom stereocenters. The monoisotopic (exact) mass is 318 g/mol. The summed E-state index contributed by atoms with van der Waals surface area (Å²) in [5.74, 6) is 0.455. The van der Waals surface area contributed by atoms with Crippen molar-refractivity contribution in [2.24, 2.45) is 0 Å². The van der Waals surface area contributed by atoms with E-state index in [4.69, 9.17) is 16.3 Å². The Morgan fingerprint density at radius 1 is 1.35 bits per heavy atom. The molecule has 17 heavy (non-hydrogen) atoms. The van der Waals surface area contributed by atoms with Gasteiger partial charge in [0.25, 0.3) is 0 Å². The third-order valence-electron chi connectivity index (χ3n) is 2.51. The molecule has 0 bridgehead atoms. The lowest BCUT2D eigenvalue weighted by Gasteiger charge is -2.22. The molecule has 0 N–H and O–H groups in total. The smallest absolute Gasteiger partial charge is 0.0598 e. The van der Waals surface area contributed by atoms with E-state index in [1.165, 1.54) is 5.56 Å². The van der Waals surface area contributed by atoms with Gasteiger partial charge < -0.3 is 4.74 Å². The number of halogens is 2. The summed E-state index contributed by atoms with van der Waals surface area (Å²) >= 11 is 9.57. The van der Waals surface area contributed by atoms with Crippen LogP contribution < -0.4 is 0 Å². The van der Waals surface area contributed by atoms with Crippen molar-refractivity contribution in [1.82, 2.24) is 0 Å². The van der Waals surface area contributed by atoms with Crippen LogP contribution in [0.2, 0.25) is 5.02 Å². The van der Waals surface area contributed by atoms with E-state index in [1.807, 2.05) is 18.2 Å². The molecule has 96 valence electrons. The number of rotatable bonds is 5. The second-order valence-electron chi connectivity index (χ2n) is 5.16. The van der Waals surface area contributed by atoms with Gasteiger partial charge in [-0.2, -0.15) is 0 Å². The van der Waals surface area contributed by atoms with Crippen molar-refractivity contribution in [3.8, 4) is 0 Å². The molecular formula is C14H20BrClO. The van der Waals surface area contributed by atoms with E-state index >= 15 is 0 Å². The van der Waals surface area contributed by atoms with Crippen molar-refractivity contribution in [3.05, 3.63) is 34.9 Å². The molecule has 1 nitrogen and oxygen atoms in total. The van der Waals surface area contributed by atoms with Gasteiger partial charge in [0, 0.05) is 17.0 Å². The Bertz CT molecular complexity index is 346. The molecule has 0 aliphatic carbocycles. The fourth-order valence-electron chi connectivity index (χ4n) is 1.60. The minimum atomic E-state index is -0.0643. The largest absolute Gasteiger partial charge is 0.376 e. The third-order valence-corrected chi connectivity index (χ3v) is 3.52. The molecule has 0 aliphatic rings. The van der Waals surface area contributed by atoms with Crippen LogP contribution in [0.15, 0.2) is 24.3 Å². The van der Waals surface area contributed by atoms with Crippen LogP contribution in [0, 0.1) is 0 Å². The van der Waals surface area contributed by atoms with Gasteiger partial charge in [0.1, 0.15) is 0 Å². The third kappa shape index (κ3) is 5.89. The molecule has 0 spiro atoms. The minimum Gasteiger partial charge on any atom is -0.376 e. The average molecular weight is 320 g/mol. The SMILES string of the molecule is CC(C)(C)OCCC(CBr)c1cccc(Cl)c1. The molecule has 0 amide bonds. The first-order chi connectivity index (χ1) is 7.92. The molecule has 0 saturated carbocycles. The molecule has 0 aliphatic heterocycles. The Labute approximate surface area is 118 Å². The van der Waals surface area contributed by atoms with E-state index in [1.54, 1.807) is 0 Å². The summed E-state index contributed by atoms with van der Waals surface area (Å²) in [6.45, 7) is 7.01. The summed E-state index contributed by atoms with van der Waals surface area (Å²) in [7, 11) is 0. The van der Waals surface area contributed by atoms with E-state index in [9.17, 15) is 0 Å². The Morgan fingerprint density at radius 3 is 2.59 bits per heavy atom. The molecule has 0 heterocycles. The van der Waals surface area contributed by atoms with Gasteiger partial charge in [-0.3, -0.25) is 0 Å². The van der Waals surface area contributed by atoms with E-state index in [-0.39, 0.29) is 5.60 Å². The molecule has 0 fully saturated rings. The van der Waals surface area contributed by atoms with Gasteiger partial charge in [-0.25, -0.2) is 0 Å². The van der Waals surface area contributed by atoms with Gasteiger partial charge in [-0.05, 0) is 50.8 Å². The van der Waals surface area contributed by atoms with Crippen molar-refractivity contribution in [2.45, 2.75) is 38.7 Å². The first-order valence-electron chi connectivity index (χ1n) is 5.88. The highest BCUT2D eigenvalue weighted by Crippen LogP contribution is 2.25. The zero-order valence-corrected chi connectivity index (χ0v) is 13.0. The van der Waals surface area contributed by atoms with Gasteiger partial charge in [-0.15, -0.1) is 0 Å². The summed E-state index contributed by atoms with van der Waals surface area (Å²) in [5, 5.41) is 1.73. The molecule has 1 atom stereocenters. The summed E-state index contributed by atoms with van der Waals surface area (Å²) in [6, 6.07) is 8.05. The number of hydrogen-bond acceptors (Lipinski definition) is 1. The molecule has 0 saturated heterocycles. The number of benzene rings is 1. The highest BCUT2D eigenvalue weighted by molar-refractivity contribution is 9.09. The van der Waals surface area contributed by atoms with Crippen molar-refractivity contribution < 1.29 is 4.74 Å². The molecule has 0 aromatic heterocycles. The van der Waals surface area contributed by atoms with Crippen LogP contribution in [0.5, 0.6) is 0 Å². The van der Waals surface area contributed by atoms with Crippen molar-refractivity contribution >= 4 is 27.5 Å². The number of hydrogen-bond donors (Lipinski definition) is 0. The van der Waals surface area contributed by atoms with Crippen molar-refractivity contribution in [2.75, 3.05) is 11.9 Å². The van der Waals surface area contributed by atoms with Crippen LogP contribution in [0.25, 0.3) is 0 Å². The zero-order chi connectivity index (χ0) is 12.9. The highest BCUT2D eigenvalue weighted by Gasteiger charge is 2.14. The molecule has 3 heteroatoms. The lowest BCUT2D eigenvalue weighted by Crippen LogP contribution is -2.20. The van der Waals surface area contributed by atoms with Gasteiger partial charge in [-0.1, -0.05) is 39.7 Å². The summed E-state index contributed by atoms with van der Waals surface area (Å²) < 4.78 is 5.76. The van der Waals surface area contributed by atoms with Gasteiger partial charge in [0.15, 0.2) is 0 Å². The summed E-state index contributed by atoms with van der Waals surface area (Å²) in [5.41, 5.74) is 1.21. The van der Waals surface area contributed by atoms with E-state index in [2.05, 4.69) is 42.8 Å². The fraction of sp³-hybridized carbons (Fsp3) is 0.571. The predicted octanol–water partition coefficient (Wildman–Crippen LogP) is 5.02. The predicted molar refractivity (Wildman–Crippen MR) is 78.3 cm³/mol. The van der Waals surface area contributed by atoms with Gasteiger partial charge >= 0.3 is 0 Å². The summed E-state index contributed by atoms with van der Waals surface area (Å²) in [4.78, 5) is 0. The Kier molecular flexibility index (Phi) is 5.98. The van der Waals surface area contributed by atoms with Gasteiger partial charge in [0.05, 0.1) is 5.60 Å². The lowest BCUT2D eigenvalue weighted by atomic mass is 9.98. The first kappa shape index (κ1) is 15.0. The second-order valence-corrected chi connectivity index (χ2v) is 6.24. The highest BCUT2D eigenvalue weighted by atomic mass is 79.9. The average Bonchev–Trinajstić information content (AvgIpc) is 2.23.